The summed E-state index contributed by atoms with van der Waals surface area (Å²) in [6.45, 7) is -0.0789. The van der Waals surface area contributed by atoms with Crippen molar-refractivity contribution in [2.24, 2.45) is 11.6 Å². The van der Waals surface area contributed by atoms with Crippen LogP contribution in [0.15, 0.2) is 48.5 Å². The summed E-state index contributed by atoms with van der Waals surface area (Å²) in [7, 11) is -0.926. The fourth-order valence-electron chi connectivity index (χ4n) is 2.90. The molecule has 3 rings (SSSR count). The van der Waals surface area contributed by atoms with Gasteiger partial charge in [0.15, 0.2) is 0 Å². The van der Waals surface area contributed by atoms with Crippen molar-refractivity contribution in [3.05, 3.63) is 54.4 Å². The van der Waals surface area contributed by atoms with Gasteiger partial charge in [-0.25, -0.2) is 20.0 Å². The quantitative estimate of drug-likeness (QED) is 0.225. The van der Waals surface area contributed by atoms with Crippen molar-refractivity contribution < 1.29 is 28.2 Å². The first kappa shape index (κ1) is 22.7. The number of carbonyl (C=O) groups excluding carboxylic acids is 1. The predicted molar refractivity (Wildman–Crippen MR) is 112 cm³/mol. The first-order valence-electron chi connectivity index (χ1n) is 8.99. The third-order valence-electron chi connectivity index (χ3n) is 4.20. The Morgan fingerprint density at radius 2 is 2.26 bits per heavy atom. The van der Waals surface area contributed by atoms with Gasteiger partial charge in [-0.15, -0.1) is 0 Å². The number of nitrogens with zero attached hydrogens (tertiary/aromatic N) is 3. The Morgan fingerprint density at radius 1 is 1.48 bits per heavy atom. The van der Waals surface area contributed by atoms with Crippen molar-refractivity contribution in [3.63, 3.8) is 0 Å². The summed E-state index contributed by atoms with van der Waals surface area (Å²) in [6.07, 6.45) is 1.59. The highest BCUT2D eigenvalue weighted by Crippen LogP contribution is 2.30. The van der Waals surface area contributed by atoms with E-state index >= 15 is 0 Å². The summed E-state index contributed by atoms with van der Waals surface area (Å²) in [5.41, 5.74) is 6.90. The molecular formula is C18H22FN6O5P. The van der Waals surface area contributed by atoms with Crippen LogP contribution in [0.3, 0.4) is 0 Å². The van der Waals surface area contributed by atoms with E-state index in [2.05, 4.69) is 14.8 Å². The number of hydrogen-bond donors (Lipinski definition) is 5. The van der Waals surface area contributed by atoms with Gasteiger partial charge in [0, 0.05) is 24.4 Å². The van der Waals surface area contributed by atoms with Crippen LogP contribution >= 0.6 is 8.60 Å². The Morgan fingerprint density at radius 3 is 2.87 bits per heavy atom. The summed E-state index contributed by atoms with van der Waals surface area (Å²) >= 11 is 0. The molecule has 1 aliphatic rings. The number of rotatable bonds is 8. The second-order valence-electron chi connectivity index (χ2n) is 6.64. The molecule has 0 unspecified atom stereocenters. The Balaban J connectivity index is 1.70. The molecule has 2 heterocycles. The monoisotopic (exact) mass is 452 g/mol. The zero-order valence-electron chi connectivity index (χ0n) is 16.5. The Labute approximate surface area is 178 Å². The molecule has 1 atom stereocenters. The molecule has 0 spiro atoms. The number of hydrazine groups is 1. The molecule has 7 N–H and O–H groups in total. The smallest absolute Gasteiger partial charge is 0.414 e. The van der Waals surface area contributed by atoms with Crippen molar-refractivity contribution >= 4 is 26.2 Å². The van der Waals surface area contributed by atoms with Gasteiger partial charge in [-0.3, -0.25) is 4.90 Å². The summed E-state index contributed by atoms with van der Waals surface area (Å²) in [5, 5.41) is 4.14. The largest absolute Gasteiger partial charge is 0.441 e. The van der Waals surface area contributed by atoms with Crippen molar-refractivity contribution in [2.45, 2.75) is 6.10 Å². The van der Waals surface area contributed by atoms with E-state index in [0.29, 0.717) is 22.6 Å². The molecule has 166 valence electrons. The van der Waals surface area contributed by atoms with Crippen LogP contribution < -0.4 is 21.8 Å². The third kappa shape index (κ3) is 6.00. The van der Waals surface area contributed by atoms with Crippen LogP contribution in [0.5, 0.6) is 0 Å². The number of ether oxygens (including phenoxy) is 1. The van der Waals surface area contributed by atoms with E-state index in [1.54, 1.807) is 25.2 Å². The van der Waals surface area contributed by atoms with Gasteiger partial charge < -0.3 is 35.1 Å². The van der Waals surface area contributed by atoms with E-state index in [1.807, 2.05) is 0 Å². The number of cyclic esters (lactones) is 1. The lowest BCUT2D eigenvalue weighted by Gasteiger charge is -2.15. The highest BCUT2D eigenvalue weighted by atomic mass is 31.2. The summed E-state index contributed by atoms with van der Waals surface area (Å²) in [6, 6.07) is 7.64. The maximum absolute atomic E-state index is 14.8. The molecule has 1 aromatic carbocycles. The maximum Gasteiger partial charge on any atom is 0.414 e. The fourth-order valence-corrected chi connectivity index (χ4v) is 3.20. The molecule has 13 heteroatoms. The van der Waals surface area contributed by atoms with Gasteiger partial charge in [0.25, 0.3) is 0 Å². The maximum atomic E-state index is 14.8. The number of amides is 1. The average Bonchev–Trinajstić information content (AvgIpc) is 3.07. The van der Waals surface area contributed by atoms with Gasteiger partial charge in [-0.2, -0.15) is 0 Å². The number of nitrogens with two attached hydrogens (primary N) is 2. The van der Waals surface area contributed by atoms with Crippen LogP contribution in [0, 0.1) is 5.82 Å². The van der Waals surface area contributed by atoms with Crippen molar-refractivity contribution in [3.8, 4) is 11.1 Å². The molecule has 0 saturated carbocycles. The van der Waals surface area contributed by atoms with Crippen LogP contribution in [-0.4, -0.2) is 52.2 Å². The SMILES string of the molecule is CN(N)/C=C(\N)Nc1ccc(-c2ccc(N3C[C@H](COP(O)O)OC3=O)cc2F)cn1. The second-order valence-corrected chi connectivity index (χ2v) is 7.40. The molecule has 2 aromatic rings. The molecule has 0 radical (unpaired) electrons. The number of pyridine rings is 1. The summed E-state index contributed by atoms with van der Waals surface area (Å²) in [4.78, 5) is 35.1. The van der Waals surface area contributed by atoms with Gasteiger partial charge in [0.2, 0.25) is 0 Å². The lowest BCUT2D eigenvalue weighted by Crippen LogP contribution is -2.25. The van der Waals surface area contributed by atoms with E-state index in [0.717, 1.165) is 0 Å². The Bertz CT molecular complexity index is 959. The van der Waals surface area contributed by atoms with Gasteiger partial charge in [0.05, 0.1) is 25.0 Å². The van der Waals surface area contributed by atoms with E-state index in [1.165, 1.54) is 34.4 Å². The van der Waals surface area contributed by atoms with E-state index < -0.39 is 26.6 Å². The minimum Gasteiger partial charge on any atom is -0.441 e. The van der Waals surface area contributed by atoms with Crippen LogP contribution in [0.25, 0.3) is 11.1 Å². The lowest BCUT2D eigenvalue weighted by molar-refractivity contribution is 0.0987. The Kier molecular flexibility index (Phi) is 7.21. The van der Waals surface area contributed by atoms with E-state index in [9.17, 15) is 9.18 Å². The fraction of sp³-hybridized carbons (Fsp3) is 0.222. The zero-order chi connectivity index (χ0) is 22.5. The molecule has 0 aliphatic carbocycles. The van der Waals surface area contributed by atoms with Crippen molar-refractivity contribution in [1.29, 1.82) is 0 Å². The summed E-state index contributed by atoms with van der Waals surface area (Å²) in [5.74, 6) is 5.68. The normalized spacial score (nSPS) is 16.6. The number of halogens is 1. The molecule has 1 aliphatic heterocycles. The Hall–Kier alpha value is -3.02. The molecule has 1 fully saturated rings. The van der Waals surface area contributed by atoms with Gasteiger partial charge >= 0.3 is 14.7 Å². The highest BCUT2D eigenvalue weighted by molar-refractivity contribution is 7.39. The van der Waals surface area contributed by atoms with Gasteiger partial charge in [0.1, 0.15) is 23.6 Å². The van der Waals surface area contributed by atoms with Gasteiger partial charge in [-0.1, -0.05) is 0 Å². The molecule has 31 heavy (non-hydrogen) atoms. The zero-order valence-corrected chi connectivity index (χ0v) is 17.4. The minimum atomic E-state index is -2.54. The molecular weight excluding hydrogens is 430 g/mol. The van der Waals surface area contributed by atoms with Crippen molar-refractivity contribution in [2.75, 3.05) is 30.4 Å². The number of anilines is 2. The topological polar surface area (TPSA) is 159 Å². The van der Waals surface area contributed by atoms with Crippen LogP contribution in [0.2, 0.25) is 0 Å². The predicted octanol–water partition coefficient (Wildman–Crippen LogP) is 1.42. The van der Waals surface area contributed by atoms with E-state index in [4.69, 9.17) is 26.1 Å². The lowest BCUT2D eigenvalue weighted by atomic mass is 10.1. The minimum absolute atomic E-state index is 0.0929. The molecule has 1 aromatic heterocycles. The van der Waals surface area contributed by atoms with Crippen LogP contribution in [-0.2, 0) is 9.26 Å². The van der Waals surface area contributed by atoms with Crippen LogP contribution in [0.4, 0.5) is 20.7 Å². The first-order chi connectivity index (χ1) is 14.7. The average molecular weight is 452 g/mol. The molecule has 0 bridgehead atoms. The first-order valence-corrected chi connectivity index (χ1v) is 10.2. The number of hydrogen-bond acceptors (Lipinski definition) is 10. The highest BCUT2D eigenvalue weighted by Gasteiger charge is 2.33. The number of nitrogens with one attached hydrogen (secondary N) is 1. The standard InChI is InChI=1S/C18H22FN6O5P/c1-24(21)9-16(20)23-17-5-2-11(7-22-17)14-4-3-12(6-15(14)19)25-8-13(30-18(25)26)10-29-31(27)28/h2-7,9,13,27-28H,8,10,20-21H2,1H3,(H,22,23)/b16-9+/t13-/m1/s1. The summed E-state index contributed by atoms with van der Waals surface area (Å²) < 4.78 is 24.5. The third-order valence-corrected chi connectivity index (χ3v) is 4.58. The second kappa shape index (κ2) is 9.86. The van der Waals surface area contributed by atoms with E-state index in [-0.39, 0.29) is 19.0 Å². The molecule has 1 saturated heterocycles. The number of benzene rings is 1. The van der Waals surface area contributed by atoms with Crippen LogP contribution in [0.1, 0.15) is 0 Å². The molecule has 1 amide bonds. The van der Waals surface area contributed by atoms with Gasteiger partial charge in [-0.05, 0) is 30.3 Å². The number of carbonyl (C=O) groups is 1. The van der Waals surface area contributed by atoms with Crippen molar-refractivity contribution in [1.82, 2.24) is 9.99 Å². The molecule has 11 nitrogen and oxygen atoms in total. The number of aromatic nitrogens is 1.